The van der Waals surface area contributed by atoms with Crippen LogP contribution in [0.15, 0.2) is 64.5 Å². The average Bonchev–Trinajstić information content (AvgIpc) is 3.05. The van der Waals surface area contributed by atoms with Gasteiger partial charge in [0.1, 0.15) is 0 Å². The topological polar surface area (TPSA) is 42.0 Å². The van der Waals surface area contributed by atoms with Gasteiger partial charge < -0.3 is 5.32 Å². The number of rotatable bonds is 5. The van der Waals surface area contributed by atoms with Gasteiger partial charge in [-0.05, 0) is 28.1 Å². The van der Waals surface area contributed by atoms with Crippen molar-refractivity contribution in [2.75, 3.05) is 6.54 Å². The lowest BCUT2D eigenvalue weighted by molar-refractivity contribution is 0.0953. The summed E-state index contributed by atoms with van der Waals surface area (Å²) in [6.45, 7) is 0.571. The van der Waals surface area contributed by atoms with Crippen molar-refractivity contribution in [2.45, 2.75) is 6.42 Å². The van der Waals surface area contributed by atoms with Crippen LogP contribution in [0.3, 0.4) is 0 Å². The highest BCUT2D eigenvalue weighted by molar-refractivity contribution is 9.10. The van der Waals surface area contributed by atoms with E-state index >= 15 is 0 Å². The Balaban J connectivity index is 1.56. The molecule has 0 aliphatic carbocycles. The molecule has 0 saturated carbocycles. The first kappa shape index (κ1) is 15.9. The Morgan fingerprint density at radius 2 is 1.83 bits per heavy atom. The predicted molar refractivity (Wildman–Crippen MR) is 97.7 cm³/mol. The molecule has 5 heteroatoms. The van der Waals surface area contributed by atoms with E-state index in [1.807, 2.05) is 48.5 Å². The quantitative estimate of drug-likeness (QED) is 0.698. The minimum atomic E-state index is -0.0719. The first-order valence-corrected chi connectivity index (χ1v) is 8.94. The van der Waals surface area contributed by atoms with E-state index in [-0.39, 0.29) is 5.91 Å². The summed E-state index contributed by atoms with van der Waals surface area (Å²) in [5.74, 6) is -0.0719. The molecule has 0 fully saturated rings. The first-order valence-electron chi connectivity index (χ1n) is 7.26. The van der Waals surface area contributed by atoms with E-state index in [4.69, 9.17) is 0 Å². The van der Waals surface area contributed by atoms with Crippen molar-refractivity contribution in [3.8, 4) is 11.3 Å². The number of carbonyl (C=O) groups excluding carboxylic acids is 1. The summed E-state index contributed by atoms with van der Waals surface area (Å²) in [6.07, 6.45) is 0.730. The molecule has 1 aromatic heterocycles. The SMILES string of the molecule is O=C(NCCc1nc(-c2ccccc2)cs1)c1ccccc1Br. The van der Waals surface area contributed by atoms with Gasteiger partial charge in [0.05, 0.1) is 16.3 Å². The molecule has 1 amide bonds. The van der Waals surface area contributed by atoms with Gasteiger partial charge in [0.25, 0.3) is 5.91 Å². The number of thiazole rings is 1. The van der Waals surface area contributed by atoms with Crippen molar-refractivity contribution in [1.29, 1.82) is 0 Å². The van der Waals surface area contributed by atoms with Crippen molar-refractivity contribution in [3.63, 3.8) is 0 Å². The summed E-state index contributed by atoms with van der Waals surface area (Å²) >= 11 is 5.02. The Morgan fingerprint density at radius 3 is 2.61 bits per heavy atom. The van der Waals surface area contributed by atoms with Gasteiger partial charge in [-0.2, -0.15) is 0 Å². The molecule has 0 aliphatic heterocycles. The van der Waals surface area contributed by atoms with Gasteiger partial charge in [-0.1, -0.05) is 42.5 Å². The van der Waals surface area contributed by atoms with Crippen LogP contribution in [0.2, 0.25) is 0 Å². The Morgan fingerprint density at radius 1 is 1.09 bits per heavy atom. The van der Waals surface area contributed by atoms with E-state index < -0.39 is 0 Å². The summed E-state index contributed by atoms with van der Waals surface area (Å²) in [6, 6.07) is 17.5. The highest BCUT2D eigenvalue weighted by Gasteiger charge is 2.09. The summed E-state index contributed by atoms with van der Waals surface area (Å²) in [7, 11) is 0. The molecule has 3 aromatic rings. The maximum atomic E-state index is 12.1. The third kappa shape index (κ3) is 4.06. The second-order valence-electron chi connectivity index (χ2n) is 4.98. The van der Waals surface area contributed by atoms with Crippen LogP contribution >= 0.6 is 27.3 Å². The lowest BCUT2D eigenvalue weighted by Crippen LogP contribution is -2.25. The Hall–Kier alpha value is -1.98. The van der Waals surface area contributed by atoms with Crippen LogP contribution in [-0.2, 0) is 6.42 Å². The van der Waals surface area contributed by atoms with E-state index in [2.05, 4.69) is 31.6 Å². The molecule has 0 unspecified atom stereocenters. The zero-order valence-corrected chi connectivity index (χ0v) is 14.7. The lowest BCUT2D eigenvalue weighted by atomic mass is 10.2. The van der Waals surface area contributed by atoms with Crippen LogP contribution in [0.1, 0.15) is 15.4 Å². The van der Waals surface area contributed by atoms with Crippen LogP contribution < -0.4 is 5.32 Å². The van der Waals surface area contributed by atoms with E-state index in [9.17, 15) is 4.79 Å². The Kier molecular flexibility index (Phi) is 5.20. The normalized spacial score (nSPS) is 10.5. The van der Waals surface area contributed by atoms with Gasteiger partial charge in [0.15, 0.2) is 0 Å². The van der Waals surface area contributed by atoms with Gasteiger partial charge in [0, 0.05) is 28.4 Å². The largest absolute Gasteiger partial charge is 0.352 e. The third-order valence-electron chi connectivity index (χ3n) is 3.36. The zero-order chi connectivity index (χ0) is 16.1. The highest BCUT2D eigenvalue weighted by Crippen LogP contribution is 2.21. The molecule has 0 radical (unpaired) electrons. The summed E-state index contributed by atoms with van der Waals surface area (Å²) in [5, 5.41) is 6.02. The summed E-state index contributed by atoms with van der Waals surface area (Å²) in [5.41, 5.74) is 2.76. The van der Waals surface area contributed by atoms with Gasteiger partial charge >= 0.3 is 0 Å². The average molecular weight is 387 g/mol. The van der Waals surface area contributed by atoms with Gasteiger partial charge in [0.2, 0.25) is 0 Å². The van der Waals surface area contributed by atoms with Crippen molar-refractivity contribution in [1.82, 2.24) is 10.3 Å². The van der Waals surface area contributed by atoms with E-state index in [1.54, 1.807) is 17.4 Å². The summed E-state index contributed by atoms with van der Waals surface area (Å²) < 4.78 is 0.804. The van der Waals surface area contributed by atoms with E-state index in [1.165, 1.54) is 0 Å². The minimum Gasteiger partial charge on any atom is -0.352 e. The van der Waals surface area contributed by atoms with Crippen LogP contribution in [0.5, 0.6) is 0 Å². The maximum absolute atomic E-state index is 12.1. The minimum absolute atomic E-state index is 0.0719. The molecule has 23 heavy (non-hydrogen) atoms. The fourth-order valence-corrected chi connectivity index (χ4v) is 3.46. The van der Waals surface area contributed by atoms with Gasteiger partial charge in [-0.15, -0.1) is 11.3 Å². The molecule has 116 valence electrons. The standard InChI is InChI=1S/C18H15BrN2OS/c19-15-9-5-4-8-14(15)18(22)20-11-10-17-21-16(12-23-17)13-6-2-1-3-7-13/h1-9,12H,10-11H2,(H,20,22). The number of benzene rings is 2. The van der Waals surface area contributed by atoms with Gasteiger partial charge in [-0.25, -0.2) is 4.98 Å². The number of hydrogen-bond acceptors (Lipinski definition) is 3. The molecule has 1 N–H and O–H groups in total. The number of aromatic nitrogens is 1. The monoisotopic (exact) mass is 386 g/mol. The molecule has 1 heterocycles. The highest BCUT2D eigenvalue weighted by atomic mass is 79.9. The maximum Gasteiger partial charge on any atom is 0.252 e. The number of nitrogens with one attached hydrogen (secondary N) is 1. The summed E-state index contributed by atoms with van der Waals surface area (Å²) in [4.78, 5) is 16.7. The van der Waals surface area contributed by atoms with Crippen molar-refractivity contribution < 1.29 is 4.79 Å². The van der Waals surface area contributed by atoms with Crippen LogP contribution in [0.25, 0.3) is 11.3 Å². The van der Waals surface area contributed by atoms with E-state index in [0.717, 1.165) is 27.2 Å². The third-order valence-corrected chi connectivity index (χ3v) is 4.96. The fourth-order valence-electron chi connectivity index (χ4n) is 2.19. The molecule has 0 atom stereocenters. The molecule has 0 spiro atoms. The number of nitrogens with zero attached hydrogens (tertiary/aromatic N) is 1. The van der Waals surface area contributed by atoms with Crippen molar-refractivity contribution in [3.05, 3.63) is 75.0 Å². The van der Waals surface area contributed by atoms with Crippen LogP contribution in [0, 0.1) is 0 Å². The second kappa shape index (κ2) is 7.53. The zero-order valence-electron chi connectivity index (χ0n) is 12.3. The van der Waals surface area contributed by atoms with Gasteiger partial charge in [-0.3, -0.25) is 4.79 Å². The number of amides is 1. The van der Waals surface area contributed by atoms with Crippen LogP contribution in [-0.4, -0.2) is 17.4 Å². The Bertz CT molecular complexity index is 802. The first-order chi connectivity index (χ1) is 11.2. The van der Waals surface area contributed by atoms with Crippen LogP contribution in [0.4, 0.5) is 0 Å². The molecule has 0 bridgehead atoms. The molecule has 0 aliphatic rings. The molecule has 2 aromatic carbocycles. The van der Waals surface area contributed by atoms with E-state index in [0.29, 0.717) is 12.1 Å². The molecule has 3 rings (SSSR count). The number of halogens is 1. The second-order valence-corrected chi connectivity index (χ2v) is 6.78. The molecule has 3 nitrogen and oxygen atoms in total. The molecular weight excluding hydrogens is 372 g/mol. The predicted octanol–water partition coefficient (Wildman–Crippen LogP) is 4.55. The lowest BCUT2D eigenvalue weighted by Gasteiger charge is -2.05. The van der Waals surface area contributed by atoms with Crippen molar-refractivity contribution in [2.24, 2.45) is 0 Å². The van der Waals surface area contributed by atoms with Crippen molar-refractivity contribution >= 4 is 33.2 Å². The number of hydrogen-bond donors (Lipinski definition) is 1. The molecule has 0 saturated heterocycles. The fraction of sp³-hybridized carbons (Fsp3) is 0.111. The Labute approximate surface area is 147 Å². The smallest absolute Gasteiger partial charge is 0.252 e. The number of carbonyl (C=O) groups is 1. The molecular formula is C18H15BrN2OS.